The summed E-state index contributed by atoms with van der Waals surface area (Å²) in [5.41, 5.74) is 2.94. The molecule has 4 rings (SSSR count). The van der Waals surface area contributed by atoms with E-state index in [0.717, 1.165) is 37.7 Å². The van der Waals surface area contributed by atoms with E-state index in [9.17, 15) is 13.2 Å². The second-order valence-electron chi connectivity index (χ2n) is 10.6. The average molecular weight is 519 g/mol. The molecule has 0 heterocycles. The number of carbonyl (C=O) groups is 1. The van der Waals surface area contributed by atoms with Crippen LogP contribution in [0.3, 0.4) is 0 Å². The summed E-state index contributed by atoms with van der Waals surface area (Å²) in [6.45, 7) is 6.28. The zero-order valence-corrected chi connectivity index (χ0v) is 22.6. The molecule has 3 atom stereocenters. The number of rotatable bonds is 9. The van der Waals surface area contributed by atoms with Crippen molar-refractivity contribution in [1.29, 1.82) is 0 Å². The van der Waals surface area contributed by atoms with E-state index in [1.54, 1.807) is 19.2 Å². The van der Waals surface area contributed by atoms with Crippen molar-refractivity contribution in [1.82, 2.24) is 0 Å². The van der Waals surface area contributed by atoms with Gasteiger partial charge in [0.15, 0.2) is 5.78 Å². The Morgan fingerprint density at radius 3 is 2.53 bits per heavy atom. The minimum absolute atomic E-state index is 0.0189. The molecule has 198 valence electrons. The summed E-state index contributed by atoms with van der Waals surface area (Å²) in [5, 5.41) is 0. The maximum absolute atomic E-state index is 14.0. The van der Waals surface area contributed by atoms with Crippen LogP contribution in [-0.4, -0.2) is 47.4 Å². The smallest absolute Gasteiger partial charge is 0.297 e. The van der Waals surface area contributed by atoms with Gasteiger partial charge in [0.25, 0.3) is 10.1 Å². The normalized spacial score (nSPS) is 27.5. The number of hydrogen-bond acceptors (Lipinski definition) is 7. The SMILES string of the molecule is COCO[C@H]1C(=O)C2=C(OCCOS(=O)(=O)c3ccc(C)cc3)CCC[C@@H]2C/C=C2\CC[C@H]1C2(C)C. The lowest BCUT2D eigenvalue weighted by atomic mass is 9.74. The second kappa shape index (κ2) is 11.2. The van der Waals surface area contributed by atoms with Crippen LogP contribution in [0.25, 0.3) is 0 Å². The number of allylic oxidation sites excluding steroid dienone is 3. The number of fused-ring (bicyclic) bond motifs is 3. The number of ether oxygens (including phenoxy) is 3. The molecule has 0 spiro atoms. The van der Waals surface area contributed by atoms with E-state index in [0.29, 0.717) is 17.8 Å². The monoisotopic (exact) mass is 518 g/mol. The first-order valence-electron chi connectivity index (χ1n) is 12.8. The van der Waals surface area contributed by atoms with E-state index in [-0.39, 0.29) is 47.9 Å². The van der Waals surface area contributed by atoms with E-state index < -0.39 is 16.2 Å². The van der Waals surface area contributed by atoms with E-state index in [1.165, 1.54) is 17.7 Å². The largest absolute Gasteiger partial charge is 0.495 e. The summed E-state index contributed by atoms with van der Waals surface area (Å²) in [5.74, 6) is 0.751. The number of hydrogen-bond donors (Lipinski definition) is 0. The number of aryl methyl sites for hydroxylation is 1. The van der Waals surface area contributed by atoms with Crippen LogP contribution >= 0.6 is 0 Å². The molecule has 0 unspecified atom stereocenters. The third kappa shape index (κ3) is 5.62. The lowest BCUT2D eigenvalue weighted by molar-refractivity contribution is -0.146. The molecule has 0 aromatic heterocycles. The number of Topliss-reactive ketones (excluding diaryl/α,β-unsaturated/α-hetero) is 1. The van der Waals surface area contributed by atoms with Gasteiger partial charge >= 0.3 is 0 Å². The average Bonchev–Trinajstić information content (AvgIpc) is 3.15. The summed E-state index contributed by atoms with van der Waals surface area (Å²) >= 11 is 0. The Morgan fingerprint density at radius 2 is 1.81 bits per heavy atom. The molecule has 2 bridgehead atoms. The standard InChI is InChI=1S/C28H38O7S/c1-19-8-13-22(14-9-19)36(30,31)35-17-16-33-24-7-5-6-20-10-11-21-12-15-23(28(21,2)3)27(34-18-32-4)26(29)25(20)24/h8-9,11,13-14,20,23,27H,5-7,10,12,15-18H2,1-4H3/b21-11+/t20-,23-,27-/m1/s1. The summed E-state index contributed by atoms with van der Waals surface area (Å²) in [6, 6.07) is 6.52. The molecule has 3 aliphatic rings. The van der Waals surface area contributed by atoms with Crippen LogP contribution in [-0.2, 0) is 33.3 Å². The molecule has 1 aromatic carbocycles. The van der Waals surface area contributed by atoms with Gasteiger partial charge in [-0.3, -0.25) is 8.98 Å². The predicted octanol–water partition coefficient (Wildman–Crippen LogP) is 5.10. The summed E-state index contributed by atoms with van der Waals surface area (Å²) in [6.07, 6.45) is 6.89. The Labute approximate surface area is 215 Å². The molecule has 7 nitrogen and oxygen atoms in total. The molecule has 8 heteroatoms. The fourth-order valence-corrected chi connectivity index (χ4v) is 6.80. The minimum atomic E-state index is -3.87. The van der Waals surface area contributed by atoms with E-state index in [4.69, 9.17) is 18.4 Å². The lowest BCUT2D eigenvalue weighted by Gasteiger charge is -2.35. The highest BCUT2D eigenvalue weighted by molar-refractivity contribution is 7.86. The quantitative estimate of drug-likeness (QED) is 0.195. The highest BCUT2D eigenvalue weighted by Gasteiger charge is 2.49. The van der Waals surface area contributed by atoms with Crippen LogP contribution in [0.2, 0.25) is 0 Å². The maximum Gasteiger partial charge on any atom is 0.297 e. The predicted molar refractivity (Wildman–Crippen MR) is 136 cm³/mol. The third-order valence-corrected chi connectivity index (χ3v) is 9.28. The van der Waals surface area contributed by atoms with Gasteiger partial charge in [0.2, 0.25) is 0 Å². The van der Waals surface area contributed by atoms with Gasteiger partial charge in [-0.05, 0) is 62.5 Å². The zero-order valence-electron chi connectivity index (χ0n) is 21.7. The molecule has 0 aliphatic heterocycles. The van der Waals surface area contributed by atoms with Crippen molar-refractivity contribution in [3.8, 4) is 0 Å². The van der Waals surface area contributed by atoms with Crippen molar-refractivity contribution in [3.05, 3.63) is 52.8 Å². The summed E-state index contributed by atoms with van der Waals surface area (Å²) in [4.78, 5) is 14.1. The Balaban J connectivity index is 1.53. The molecule has 0 amide bonds. The van der Waals surface area contributed by atoms with Crippen molar-refractivity contribution in [2.24, 2.45) is 17.3 Å². The second-order valence-corrected chi connectivity index (χ2v) is 12.2. The first-order valence-corrected chi connectivity index (χ1v) is 14.2. The first kappa shape index (κ1) is 27.0. The van der Waals surface area contributed by atoms with E-state index in [1.807, 2.05) is 6.92 Å². The molecule has 36 heavy (non-hydrogen) atoms. The molecule has 1 fully saturated rings. The number of methoxy groups -OCH3 is 1. The Hall–Kier alpha value is -2.00. The van der Waals surface area contributed by atoms with Crippen LogP contribution in [0.5, 0.6) is 0 Å². The number of benzene rings is 1. The van der Waals surface area contributed by atoms with Crippen LogP contribution < -0.4 is 0 Å². The van der Waals surface area contributed by atoms with Crippen molar-refractivity contribution >= 4 is 15.9 Å². The molecule has 0 radical (unpaired) electrons. The summed E-state index contributed by atoms with van der Waals surface area (Å²) in [7, 11) is -2.31. The van der Waals surface area contributed by atoms with E-state index in [2.05, 4.69) is 19.9 Å². The van der Waals surface area contributed by atoms with Crippen molar-refractivity contribution in [3.63, 3.8) is 0 Å². The topological polar surface area (TPSA) is 88.1 Å². The highest BCUT2D eigenvalue weighted by Crippen LogP contribution is 2.52. The van der Waals surface area contributed by atoms with Crippen molar-refractivity contribution in [2.45, 2.75) is 70.3 Å². The molecule has 0 saturated heterocycles. The van der Waals surface area contributed by atoms with Crippen molar-refractivity contribution in [2.75, 3.05) is 27.1 Å². The lowest BCUT2D eigenvalue weighted by Crippen LogP contribution is -2.41. The molecule has 3 aliphatic carbocycles. The fourth-order valence-electron chi connectivity index (χ4n) is 5.90. The first-order chi connectivity index (χ1) is 17.1. The van der Waals surface area contributed by atoms with Gasteiger partial charge in [-0.1, -0.05) is 43.2 Å². The van der Waals surface area contributed by atoms with Gasteiger partial charge in [-0.25, -0.2) is 0 Å². The summed E-state index contributed by atoms with van der Waals surface area (Å²) < 4.78 is 47.5. The van der Waals surface area contributed by atoms with Gasteiger partial charge in [-0.2, -0.15) is 8.42 Å². The molecular weight excluding hydrogens is 480 g/mol. The molecule has 1 saturated carbocycles. The number of ketones is 1. The van der Waals surface area contributed by atoms with Crippen molar-refractivity contribution < 1.29 is 31.6 Å². The van der Waals surface area contributed by atoms with Crippen LogP contribution in [0.1, 0.15) is 57.9 Å². The Morgan fingerprint density at radius 1 is 1.06 bits per heavy atom. The van der Waals surface area contributed by atoms with Gasteiger partial charge in [0.05, 0.1) is 4.90 Å². The zero-order chi connectivity index (χ0) is 25.9. The van der Waals surface area contributed by atoms with Gasteiger partial charge in [-0.15, -0.1) is 0 Å². The van der Waals surface area contributed by atoms with Crippen LogP contribution in [0, 0.1) is 24.2 Å². The number of carbonyl (C=O) groups excluding carboxylic acids is 1. The minimum Gasteiger partial charge on any atom is -0.495 e. The van der Waals surface area contributed by atoms with Crippen LogP contribution in [0.4, 0.5) is 0 Å². The van der Waals surface area contributed by atoms with Crippen LogP contribution in [0.15, 0.2) is 52.1 Å². The van der Waals surface area contributed by atoms with Gasteiger partial charge in [0.1, 0.15) is 31.9 Å². The molecule has 0 N–H and O–H groups in total. The third-order valence-electron chi connectivity index (χ3n) is 7.96. The highest BCUT2D eigenvalue weighted by atomic mass is 32.2. The molecular formula is C28H38O7S. The van der Waals surface area contributed by atoms with Gasteiger partial charge in [0, 0.05) is 25.0 Å². The fraction of sp³-hybridized carbons (Fsp3) is 0.607. The maximum atomic E-state index is 14.0. The Bertz CT molecular complexity index is 1120. The van der Waals surface area contributed by atoms with E-state index >= 15 is 0 Å². The van der Waals surface area contributed by atoms with Gasteiger partial charge < -0.3 is 14.2 Å². The molecule has 1 aromatic rings. The Kier molecular flexibility index (Phi) is 8.39.